The molecule has 0 bridgehead atoms. The van der Waals surface area contributed by atoms with Crippen molar-refractivity contribution < 1.29 is 19.4 Å². The van der Waals surface area contributed by atoms with Crippen molar-refractivity contribution in [1.82, 2.24) is 0 Å². The van der Waals surface area contributed by atoms with Gasteiger partial charge in [0.1, 0.15) is 11.5 Å². The fourth-order valence-corrected chi connectivity index (χ4v) is 2.14. The number of anilines is 1. The van der Waals surface area contributed by atoms with Gasteiger partial charge in [0.2, 0.25) is 5.91 Å². The van der Waals surface area contributed by atoms with Crippen molar-refractivity contribution in [3.63, 3.8) is 0 Å². The standard InChI is InChI=1S/C19H21NO4/c1-13-6-9-17(12-14(13)2)24-16-10-7-15(8-11-16)20-18(21)4-3-5-19(22)23/h6-12H,3-5H2,1-2H3,(H,20,21)(H,22,23)/p-1. The first kappa shape index (κ1) is 17.5. The highest BCUT2D eigenvalue weighted by atomic mass is 16.5. The molecule has 2 aromatic rings. The molecule has 0 atom stereocenters. The largest absolute Gasteiger partial charge is 0.550 e. The van der Waals surface area contributed by atoms with Gasteiger partial charge in [0.25, 0.3) is 0 Å². The van der Waals surface area contributed by atoms with Crippen LogP contribution in [0, 0.1) is 13.8 Å². The molecule has 0 aliphatic rings. The molecule has 0 fully saturated rings. The van der Waals surface area contributed by atoms with Gasteiger partial charge in [0.05, 0.1) is 0 Å². The van der Waals surface area contributed by atoms with Crippen LogP contribution in [0.4, 0.5) is 5.69 Å². The summed E-state index contributed by atoms with van der Waals surface area (Å²) in [6, 6.07) is 12.9. The highest BCUT2D eigenvalue weighted by Gasteiger charge is 2.04. The van der Waals surface area contributed by atoms with E-state index in [4.69, 9.17) is 4.74 Å². The van der Waals surface area contributed by atoms with Crippen molar-refractivity contribution >= 4 is 17.6 Å². The summed E-state index contributed by atoms with van der Waals surface area (Å²) in [5.74, 6) is 0.0695. The summed E-state index contributed by atoms with van der Waals surface area (Å²) in [4.78, 5) is 22.0. The van der Waals surface area contributed by atoms with E-state index in [2.05, 4.69) is 5.32 Å². The molecule has 24 heavy (non-hydrogen) atoms. The van der Waals surface area contributed by atoms with Gasteiger partial charge in [-0.2, -0.15) is 0 Å². The Labute approximate surface area is 141 Å². The zero-order chi connectivity index (χ0) is 17.5. The lowest BCUT2D eigenvalue weighted by Gasteiger charge is -2.09. The van der Waals surface area contributed by atoms with E-state index in [9.17, 15) is 14.7 Å². The van der Waals surface area contributed by atoms with Crippen LogP contribution in [0.5, 0.6) is 11.5 Å². The van der Waals surface area contributed by atoms with E-state index in [0.29, 0.717) is 11.4 Å². The average Bonchev–Trinajstić information content (AvgIpc) is 2.52. The Kier molecular flexibility index (Phi) is 5.95. The number of carbonyl (C=O) groups is 2. The van der Waals surface area contributed by atoms with Gasteiger partial charge in [-0.25, -0.2) is 0 Å². The Hall–Kier alpha value is -2.82. The van der Waals surface area contributed by atoms with Crippen molar-refractivity contribution in [2.24, 2.45) is 0 Å². The molecule has 0 heterocycles. The summed E-state index contributed by atoms with van der Waals surface area (Å²) in [6.45, 7) is 4.07. The van der Waals surface area contributed by atoms with E-state index in [1.54, 1.807) is 24.3 Å². The Balaban J connectivity index is 1.89. The second-order valence-corrected chi connectivity index (χ2v) is 5.65. The van der Waals surface area contributed by atoms with Crippen molar-refractivity contribution in [3.8, 4) is 11.5 Å². The summed E-state index contributed by atoms with van der Waals surface area (Å²) in [5, 5.41) is 13.0. The van der Waals surface area contributed by atoms with Crippen LogP contribution in [-0.2, 0) is 9.59 Å². The van der Waals surface area contributed by atoms with Crippen LogP contribution < -0.4 is 15.2 Å². The maximum absolute atomic E-state index is 11.7. The number of aliphatic carboxylic acids is 1. The van der Waals surface area contributed by atoms with Gasteiger partial charge in [-0.1, -0.05) is 6.07 Å². The first-order valence-corrected chi connectivity index (χ1v) is 7.79. The predicted octanol–water partition coefficient (Wildman–Crippen LogP) is 2.95. The SMILES string of the molecule is Cc1ccc(Oc2ccc(NC(=O)CCCC(=O)[O-])cc2)cc1C. The van der Waals surface area contributed by atoms with Crippen molar-refractivity contribution in [2.75, 3.05) is 5.32 Å². The summed E-state index contributed by atoms with van der Waals surface area (Å²) in [6.07, 6.45) is 0.299. The number of rotatable bonds is 7. The lowest BCUT2D eigenvalue weighted by molar-refractivity contribution is -0.305. The second-order valence-electron chi connectivity index (χ2n) is 5.65. The number of carboxylic acids is 1. The van der Waals surface area contributed by atoms with Crippen LogP contribution in [0.3, 0.4) is 0 Å². The highest BCUT2D eigenvalue weighted by Crippen LogP contribution is 2.25. The van der Waals surface area contributed by atoms with Gasteiger partial charge < -0.3 is 20.0 Å². The van der Waals surface area contributed by atoms with Crippen molar-refractivity contribution in [2.45, 2.75) is 33.1 Å². The summed E-state index contributed by atoms with van der Waals surface area (Å²) >= 11 is 0. The topological polar surface area (TPSA) is 78.5 Å². The number of carbonyl (C=O) groups excluding carboxylic acids is 2. The minimum Gasteiger partial charge on any atom is -0.550 e. The third-order valence-electron chi connectivity index (χ3n) is 3.64. The summed E-state index contributed by atoms with van der Waals surface area (Å²) in [5.41, 5.74) is 3.01. The molecule has 0 aliphatic heterocycles. The number of ether oxygens (including phenoxy) is 1. The Bertz CT molecular complexity index is 723. The minimum absolute atomic E-state index is 0.115. The smallest absolute Gasteiger partial charge is 0.224 e. The maximum atomic E-state index is 11.7. The molecule has 2 aromatic carbocycles. The maximum Gasteiger partial charge on any atom is 0.224 e. The molecule has 0 unspecified atom stereocenters. The van der Waals surface area contributed by atoms with E-state index in [1.807, 2.05) is 32.0 Å². The first-order valence-electron chi connectivity index (χ1n) is 7.79. The van der Waals surface area contributed by atoms with Gasteiger partial charge in [-0.05, 0) is 74.2 Å². The van der Waals surface area contributed by atoms with Gasteiger partial charge >= 0.3 is 0 Å². The van der Waals surface area contributed by atoms with E-state index in [0.717, 1.165) is 11.3 Å². The van der Waals surface area contributed by atoms with E-state index in [1.165, 1.54) is 5.56 Å². The normalized spacial score (nSPS) is 10.2. The average molecular weight is 326 g/mol. The van der Waals surface area contributed by atoms with Crippen LogP contribution in [0.1, 0.15) is 30.4 Å². The predicted molar refractivity (Wildman–Crippen MR) is 89.9 cm³/mol. The number of hydrogen-bond donors (Lipinski definition) is 1. The van der Waals surface area contributed by atoms with E-state index in [-0.39, 0.29) is 25.2 Å². The molecular formula is C19H20NO4-. The Morgan fingerprint density at radius 2 is 1.62 bits per heavy atom. The number of carboxylic acid groups (broad SMARTS) is 1. The molecule has 0 spiro atoms. The number of aryl methyl sites for hydroxylation is 2. The number of benzene rings is 2. The quantitative estimate of drug-likeness (QED) is 0.848. The molecule has 0 aliphatic carbocycles. The molecule has 0 saturated heterocycles. The van der Waals surface area contributed by atoms with Gasteiger partial charge in [0, 0.05) is 18.1 Å². The number of amides is 1. The number of hydrogen-bond acceptors (Lipinski definition) is 4. The van der Waals surface area contributed by atoms with Crippen LogP contribution in [0.2, 0.25) is 0 Å². The molecular weight excluding hydrogens is 306 g/mol. The molecule has 0 radical (unpaired) electrons. The molecule has 126 valence electrons. The minimum atomic E-state index is -1.14. The molecule has 1 N–H and O–H groups in total. The third kappa shape index (κ3) is 5.43. The molecule has 2 rings (SSSR count). The fourth-order valence-electron chi connectivity index (χ4n) is 2.14. The fraction of sp³-hybridized carbons (Fsp3) is 0.263. The zero-order valence-corrected chi connectivity index (χ0v) is 13.8. The van der Waals surface area contributed by atoms with Gasteiger partial charge in [0.15, 0.2) is 0 Å². The van der Waals surface area contributed by atoms with Crippen LogP contribution >= 0.6 is 0 Å². The molecule has 0 aromatic heterocycles. The third-order valence-corrected chi connectivity index (χ3v) is 3.64. The van der Waals surface area contributed by atoms with E-state index >= 15 is 0 Å². The lowest BCUT2D eigenvalue weighted by atomic mass is 10.1. The zero-order valence-electron chi connectivity index (χ0n) is 13.8. The highest BCUT2D eigenvalue weighted by molar-refractivity contribution is 5.90. The second kappa shape index (κ2) is 8.15. The Morgan fingerprint density at radius 3 is 2.25 bits per heavy atom. The molecule has 5 nitrogen and oxygen atoms in total. The first-order chi connectivity index (χ1) is 11.4. The van der Waals surface area contributed by atoms with Crippen molar-refractivity contribution in [1.29, 1.82) is 0 Å². The van der Waals surface area contributed by atoms with Crippen LogP contribution in [-0.4, -0.2) is 11.9 Å². The molecule has 1 amide bonds. The lowest BCUT2D eigenvalue weighted by Crippen LogP contribution is -2.22. The van der Waals surface area contributed by atoms with Gasteiger partial charge in [-0.3, -0.25) is 4.79 Å². The Morgan fingerprint density at radius 1 is 0.958 bits per heavy atom. The molecule has 0 saturated carbocycles. The van der Waals surface area contributed by atoms with E-state index < -0.39 is 5.97 Å². The van der Waals surface area contributed by atoms with Crippen LogP contribution in [0.15, 0.2) is 42.5 Å². The monoisotopic (exact) mass is 326 g/mol. The number of nitrogens with one attached hydrogen (secondary N) is 1. The summed E-state index contributed by atoms with van der Waals surface area (Å²) in [7, 11) is 0. The summed E-state index contributed by atoms with van der Waals surface area (Å²) < 4.78 is 5.78. The van der Waals surface area contributed by atoms with Crippen molar-refractivity contribution in [3.05, 3.63) is 53.6 Å². The van der Waals surface area contributed by atoms with Crippen LogP contribution in [0.25, 0.3) is 0 Å². The van der Waals surface area contributed by atoms with Gasteiger partial charge in [-0.15, -0.1) is 0 Å². The molecule has 5 heteroatoms.